The number of carbonyl (C=O) groups is 2. The van der Waals surface area contributed by atoms with Crippen LogP contribution in [0.2, 0.25) is 0 Å². The summed E-state index contributed by atoms with van der Waals surface area (Å²) in [4.78, 5) is 29.2. The number of likely N-dealkylation sites (tertiary alicyclic amines) is 1. The number of ketones is 1. The highest BCUT2D eigenvalue weighted by Gasteiger charge is 2.47. The van der Waals surface area contributed by atoms with E-state index in [9.17, 15) is 14.7 Å². The number of amides is 1. The number of methoxy groups -OCH3 is 2. The summed E-state index contributed by atoms with van der Waals surface area (Å²) >= 11 is 1.51. The van der Waals surface area contributed by atoms with E-state index < -0.39 is 17.7 Å². The van der Waals surface area contributed by atoms with Gasteiger partial charge in [-0.25, -0.2) is 0 Å². The minimum atomic E-state index is -0.821. The number of aliphatic hydroxyl groups is 1. The van der Waals surface area contributed by atoms with Gasteiger partial charge in [-0.3, -0.25) is 9.59 Å². The molecule has 2 aromatic carbocycles. The zero-order chi connectivity index (χ0) is 24.5. The molecule has 1 aliphatic carbocycles. The summed E-state index contributed by atoms with van der Waals surface area (Å²) < 4.78 is 11.2. The average Bonchev–Trinajstić information content (AvgIpc) is 3.49. The first kappa shape index (κ1) is 23.2. The Bertz CT molecular complexity index is 1310. The lowest BCUT2D eigenvalue weighted by Crippen LogP contribution is -2.29. The monoisotopic (exact) mass is 489 g/mol. The third-order valence-electron chi connectivity index (χ3n) is 6.80. The summed E-state index contributed by atoms with van der Waals surface area (Å²) in [6.07, 6.45) is 4.21. The number of thiophene rings is 1. The predicted octanol–water partition coefficient (Wildman–Crippen LogP) is 5.27. The lowest BCUT2D eigenvalue weighted by Gasteiger charge is -2.27. The molecule has 0 bridgehead atoms. The van der Waals surface area contributed by atoms with Crippen molar-refractivity contribution >= 4 is 28.8 Å². The Kier molecular flexibility index (Phi) is 6.34. The second kappa shape index (κ2) is 9.58. The average molecular weight is 490 g/mol. The summed E-state index contributed by atoms with van der Waals surface area (Å²) in [7, 11) is 3.06. The molecule has 1 amide bonds. The van der Waals surface area contributed by atoms with Gasteiger partial charge in [-0.05, 0) is 60.4 Å². The molecule has 0 spiro atoms. The first-order valence-corrected chi connectivity index (χ1v) is 12.5. The van der Waals surface area contributed by atoms with E-state index in [0.717, 1.165) is 30.6 Å². The van der Waals surface area contributed by atoms with Crippen LogP contribution in [-0.2, 0) is 29.0 Å². The molecule has 1 saturated heterocycles. The van der Waals surface area contributed by atoms with Crippen LogP contribution in [0.4, 0.5) is 0 Å². The van der Waals surface area contributed by atoms with E-state index in [1.165, 1.54) is 41.6 Å². The zero-order valence-corrected chi connectivity index (χ0v) is 20.6. The molecular weight excluding hydrogens is 462 g/mol. The Balaban J connectivity index is 1.69. The van der Waals surface area contributed by atoms with Crippen molar-refractivity contribution in [2.24, 2.45) is 0 Å². The third kappa shape index (κ3) is 4.10. The van der Waals surface area contributed by atoms with Crippen molar-refractivity contribution in [2.45, 2.75) is 38.3 Å². The molecule has 5 rings (SSSR count). The highest BCUT2D eigenvalue weighted by molar-refractivity contribution is 7.09. The quantitative estimate of drug-likeness (QED) is 0.290. The van der Waals surface area contributed by atoms with Gasteiger partial charge < -0.3 is 19.5 Å². The number of ether oxygens (including phenoxy) is 2. The molecule has 0 saturated carbocycles. The van der Waals surface area contributed by atoms with Crippen molar-refractivity contribution in [3.05, 3.63) is 86.6 Å². The Morgan fingerprint density at radius 2 is 1.83 bits per heavy atom. The van der Waals surface area contributed by atoms with E-state index in [0.29, 0.717) is 22.6 Å². The molecular formula is C28H27NO5S. The molecule has 1 atom stereocenters. The number of Topliss-reactive ketones (excluding diaryl/α,β-unsaturated/α-hetero) is 1. The minimum Gasteiger partial charge on any atom is -0.507 e. The maximum atomic E-state index is 13.4. The van der Waals surface area contributed by atoms with E-state index in [-0.39, 0.29) is 17.9 Å². The number of fused-ring (bicyclic) bond motifs is 1. The fourth-order valence-corrected chi connectivity index (χ4v) is 5.80. The topological polar surface area (TPSA) is 76.1 Å². The van der Waals surface area contributed by atoms with Gasteiger partial charge in [0.2, 0.25) is 0 Å². The van der Waals surface area contributed by atoms with Crippen LogP contribution < -0.4 is 9.47 Å². The summed E-state index contributed by atoms with van der Waals surface area (Å²) in [5, 5.41) is 13.4. The highest BCUT2D eigenvalue weighted by atomic mass is 32.1. The number of benzene rings is 2. The summed E-state index contributed by atoms with van der Waals surface area (Å²) in [6.45, 7) is 0.244. The molecule has 2 heterocycles. The fourth-order valence-electron chi connectivity index (χ4n) is 5.10. The first-order valence-electron chi connectivity index (χ1n) is 11.7. The summed E-state index contributed by atoms with van der Waals surface area (Å²) in [6, 6.07) is 14.2. The standard InChI is InChI=1S/C28H27NO5S/c1-33-22-11-5-10-21(27(22)34-2)24-23(26(31)28(32)29(24)16-20-9-6-14-35-20)25(30)19-13-12-17-7-3-4-8-18(17)15-19/h5-6,9-15,24,30H,3-4,7-8,16H2,1-2H3/b25-23+. The van der Waals surface area contributed by atoms with Crippen LogP contribution in [0.5, 0.6) is 11.5 Å². The predicted molar refractivity (Wildman–Crippen MR) is 135 cm³/mol. The van der Waals surface area contributed by atoms with E-state index in [1.807, 2.05) is 35.7 Å². The van der Waals surface area contributed by atoms with Gasteiger partial charge in [-0.2, -0.15) is 0 Å². The molecule has 180 valence electrons. The Labute approximate surface area is 208 Å². The van der Waals surface area contributed by atoms with Crippen molar-refractivity contribution in [1.82, 2.24) is 4.90 Å². The number of carbonyl (C=O) groups excluding carboxylic acids is 2. The van der Waals surface area contributed by atoms with Crippen molar-refractivity contribution in [3.63, 3.8) is 0 Å². The van der Waals surface area contributed by atoms with Crippen LogP contribution in [0, 0.1) is 0 Å². The largest absolute Gasteiger partial charge is 0.507 e. The van der Waals surface area contributed by atoms with E-state index >= 15 is 0 Å². The van der Waals surface area contributed by atoms with Gasteiger partial charge in [0.25, 0.3) is 11.7 Å². The zero-order valence-electron chi connectivity index (χ0n) is 19.7. The van der Waals surface area contributed by atoms with Crippen LogP contribution in [0.15, 0.2) is 59.5 Å². The number of aliphatic hydroxyl groups excluding tert-OH is 1. The van der Waals surface area contributed by atoms with Crippen LogP contribution in [0.1, 0.15) is 46.0 Å². The molecule has 1 fully saturated rings. The van der Waals surface area contributed by atoms with Gasteiger partial charge in [-0.15, -0.1) is 11.3 Å². The van der Waals surface area contributed by atoms with Crippen LogP contribution in [0.3, 0.4) is 0 Å². The Morgan fingerprint density at radius 1 is 1.03 bits per heavy atom. The second-order valence-corrected chi connectivity index (χ2v) is 9.81. The number of rotatable bonds is 6. The van der Waals surface area contributed by atoms with Crippen molar-refractivity contribution < 1.29 is 24.2 Å². The first-order chi connectivity index (χ1) is 17.0. The lowest BCUT2D eigenvalue weighted by molar-refractivity contribution is -0.140. The fraction of sp³-hybridized carbons (Fsp3) is 0.286. The van der Waals surface area contributed by atoms with Gasteiger partial charge in [-0.1, -0.05) is 30.3 Å². The molecule has 2 aliphatic rings. The SMILES string of the molecule is COc1cccc(C2/C(=C(\O)c3ccc4c(c3)CCCC4)C(=O)C(=O)N2Cc2cccs2)c1OC. The van der Waals surface area contributed by atoms with E-state index in [4.69, 9.17) is 9.47 Å². The van der Waals surface area contributed by atoms with Crippen molar-refractivity contribution in [2.75, 3.05) is 14.2 Å². The molecule has 6 nitrogen and oxygen atoms in total. The van der Waals surface area contributed by atoms with Crippen LogP contribution in [-0.4, -0.2) is 35.9 Å². The lowest BCUT2D eigenvalue weighted by atomic mass is 9.88. The maximum absolute atomic E-state index is 13.4. The molecule has 35 heavy (non-hydrogen) atoms. The van der Waals surface area contributed by atoms with Gasteiger partial charge >= 0.3 is 0 Å². The number of hydrogen-bond donors (Lipinski definition) is 1. The number of aryl methyl sites for hydroxylation is 2. The highest BCUT2D eigenvalue weighted by Crippen LogP contribution is 2.46. The number of nitrogens with zero attached hydrogens (tertiary/aromatic N) is 1. The number of para-hydroxylation sites is 1. The Hall–Kier alpha value is -3.58. The molecule has 1 aromatic heterocycles. The molecule has 7 heteroatoms. The van der Waals surface area contributed by atoms with Crippen LogP contribution in [0.25, 0.3) is 5.76 Å². The third-order valence-corrected chi connectivity index (χ3v) is 7.66. The van der Waals surface area contributed by atoms with Gasteiger partial charge in [0, 0.05) is 16.0 Å². The van der Waals surface area contributed by atoms with Gasteiger partial charge in [0.15, 0.2) is 11.5 Å². The number of hydrogen-bond acceptors (Lipinski definition) is 6. The van der Waals surface area contributed by atoms with E-state index in [1.54, 1.807) is 18.2 Å². The van der Waals surface area contributed by atoms with Gasteiger partial charge in [0.05, 0.1) is 32.4 Å². The normalized spacial score (nSPS) is 19.0. The van der Waals surface area contributed by atoms with Crippen molar-refractivity contribution in [1.29, 1.82) is 0 Å². The van der Waals surface area contributed by atoms with Gasteiger partial charge in [0.1, 0.15) is 5.76 Å². The Morgan fingerprint density at radius 3 is 2.54 bits per heavy atom. The molecule has 0 radical (unpaired) electrons. The van der Waals surface area contributed by atoms with E-state index in [2.05, 4.69) is 0 Å². The summed E-state index contributed by atoms with van der Waals surface area (Å²) in [5.41, 5.74) is 3.66. The molecule has 1 aliphatic heterocycles. The van der Waals surface area contributed by atoms with Crippen molar-refractivity contribution in [3.8, 4) is 11.5 Å². The molecule has 1 N–H and O–H groups in total. The molecule has 1 unspecified atom stereocenters. The van der Waals surface area contributed by atoms with Crippen LogP contribution >= 0.6 is 11.3 Å². The molecule has 3 aromatic rings. The second-order valence-electron chi connectivity index (χ2n) is 8.78. The summed E-state index contributed by atoms with van der Waals surface area (Å²) in [5.74, 6) is -0.602. The maximum Gasteiger partial charge on any atom is 0.295 e. The smallest absolute Gasteiger partial charge is 0.295 e. The minimum absolute atomic E-state index is 0.0638.